The smallest absolute Gasteiger partial charge is 0.120 e. The van der Waals surface area contributed by atoms with Crippen molar-refractivity contribution in [1.29, 1.82) is 0 Å². The highest BCUT2D eigenvalue weighted by atomic mass is 19.1. The molecular formula is C12H15FO2. The van der Waals surface area contributed by atoms with Gasteiger partial charge in [0.25, 0.3) is 0 Å². The first kappa shape index (κ1) is 11.9. The minimum atomic E-state index is -0.280. The molecule has 82 valence electrons. The number of ether oxygens (including phenoxy) is 1. The maximum Gasteiger partial charge on any atom is 0.120 e. The van der Waals surface area contributed by atoms with Gasteiger partial charge in [-0.1, -0.05) is 12.2 Å². The fourth-order valence-electron chi connectivity index (χ4n) is 1.42. The summed E-state index contributed by atoms with van der Waals surface area (Å²) < 4.78 is 18.3. The predicted molar refractivity (Wildman–Crippen MR) is 57.1 cm³/mol. The molecule has 2 nitrogen and oxygen atoms in total. The van der Waals surface area contributed by atoms with Crippen LogP contribution < -0.4 is 0 Å². The number of carbonyl (C=O) groups excluding carboxylic acids is 1. The van der Waals surface area contributed by atoms with Crippen molar-refractivity contribution in [3.05, 3.63) is 36.2 Å². The molecule has 0 heterocycles. The van der Waals surface area contributed by atoms with Gasteiger partial charge in [0.05, 0.1) is 6.10 Å². The van der Waals surface area contributed by atoms with Crippen molar-refractivity contribution in [1.82, 2.24) is 0 Å². The van der Waals surface area contributed by atoms with Gasteiger partial charge in [0.1, 0.15) is 12.1 Å². The van der Waals surface area contributed by atoms with Gasteiger partial charge in [-0.15, -0.1) is 0 Å². The van der Waals surface area contributed by atoms with Crippen LogP contribution in [0.3, 0.4) is 0 Å². The summed E-state index contributed by atoms with van der Waals surface area (Å²) in [4.78, 5) is 10.2. The van der Waals surface area contributed by atoms with Gasteiger partial charge in [0, 0.05) is 13.5 Å². The monoisotopic (exact) mass is 210 g/mol. The first-order valence-corrected chi connectivity index (χ1v) is 4.96. The molecule has 0 spiro atoms. The van der Waals surface area contributed by atoms with E-state index in [9.17, 15) is 9.18 Å². The summed E-state index contributed by atoms with van der Waals surface area (Å²) in [5.74, 6) is -0.310. The zero-order chi connectivity index (χ0) is 11.1. The molecule has 2 unspecified atom stereocenters. The van der Waals surface area contributed by atoms with Crippen molar-refractivity contribution < 1.29 is 13.9 Å². The SMILES string of the molecule is COC1/C=C\C(F)=C/C(CCC=O)/C=C\1. The highest BCUT2D eigenvalue weighted by molar-refractivity contribution is 5.49. The van der Waals surface area contributed by atoms with Crippen LogP contribution in [0.2, 0.25) is 0 Å². The summed E-state index contributed by atoms with van der Waals surface area (Å²) >= 11 is 0. The molecule has 0 bridgehead atoms. The van der Waals surface area contributed by atoms with Crippen molar-refractivity contribution in [2.45, 2.75) is 18.9 Å². The second-order valence-electron chi connectivity index (χ2n) is 3.40. The van der Waals surface area contributed by atoms with Gasteiger partial charge in [-0.2, -0.15) is 0 Å². The van der Waals surface area contributed by atoms with E-state index >= 15 is 0 Å². The Labute approximate surface area is 89.1 Å². The molecule has 0 aromatic heterocycles. The van der Waals surface area contributed by atoms with E-state index in [1.54, 1.807) is 13.2 Å². The molecule has 0 aromatic rings. The van der Waals surface area contributed by atoms with Crippen molar-refractivity contribution in [2.24, 2.45) is 5.92 Å². The van der Waals surface area contributed by atoms with Crippen molar-refractivity contribution in [3.63, 3.8) is 0 Å². The van der Waals surface area contributed by atoms with Crippen molar-refractivity contribution >= 4 is 6.29 Å². The van der Waals surface area contributed by atoms with Gasteiger partial charge in [0.2, 0.25) is 0 Å². The second-order valence-corrected chi connectivity index (χ2v) is 3.40. The summed E-state index contributed by atoms with van der Waals surface area (Å²) in [6.45, 7) is 0. The van der Waals surface area contributed by atoms with Crippen molar-refractivity contribution in [3.8, 4) is 0 Å². The fourth-order valence-corrected chi connectivity index (χ4v) is 1.42. The van der Waals surface area contributed by atoms with E-state index in [1.165, 1.54) is 12.2 Å². The Morgan fingerprint density at radius 2 is 2.27 bits per heavy atom. The fraction of sp³-hybridized carbons (Fsp3) is 0.417. The molecule has 0 saturated heterocycles. The Morgan fingerprint density at radius 1 is 1.47 bits per heavy atom. The van der Waals surface area contributed by atoms with Crippen molar-refractivity contribution in [2.75, 3.05) is 7.11 Å². The molecule has 0 saturated carbocycles. The molecule has 0 amide bonds. The van der Waals surface area contributed by atoms with E-state index in [0.717, 1.165) is 6.29 Å². The van der Waals surface area contributed by atoms with E-state index in [-0.39, 0.29) is 17.8 Å². The zero-order valence-electron chi connectivity index (χ0n) is 8.73. The van der Waals surface area contributed by atoms with E-state index in [4.69, 9.17) is 4.74 Å². The van der Waals surface area contributed by atoms with E-state index in [0.29, 0.717) is 12.8 Å². The van der Waals surface area contributed by atoms with Crippen LogP contribution in [-0.4, -0.2) is 19.5 Å². The Kier molecular flexibility index (Phi) is 4.98. The Hall–Kier alpha value is -1.22. The lowest BCUT2D eigenvalue weighted by Crippen LogP contribution is -2.05. The number of aldehydes is 1. The standard InChI is InChI=1S/C12H15FO2/c1-15-12-6-4-10(3-2-8-14)9-11(13)5-7-12/h4-10,12H,2-3H2,1H3/b6-4-,7-5-,11-9+. The maximum atomic E-state index is 13.2. The maximum absolute atomic E-state index is 13.2. The van der Waals surface area contributed by atoms with Gasteiger partial charge < -0.3 is 9.53 Å². The van der Waals surface area contributed by atoms with Crippen LogP contribution in [0.15, 0.2) is 36.2 Å². The third-order valence-electron chi connectivity index (χ3n) is 2.26. The lowest BCUT2D eigenvalue weighted by molar-refractivity contribution is -0.108. The molecule has 1 rings (SSSR count). The molecule has 0 aromatic carbocycles. The van der Waals surface area contributed by atoms with Crippen LogP contribution in [0, 0.1) is 5.92 Å². The topological polar surface area (TPSA) is 26.3 Å². The molecule has 0 fully saturated rings. The Morgan fingerprint density at radius 3 is 2.93 bits per heavy atom. The largest absolute Gasteiger partial charge is 0.373 e. The average molecular weight is 210 g/mol. The van der Waals surface area contributed by atoms with Crippen LogP contribution in [0.25, 0.3) is 0 Å². The Balaban J connectivity index is 2.71. The van der Waals surface area contributed by atoms with Crippen LogP contribution >= 0.6 is 0 Å². The van der Waals surface area contributed by atoms with Gasteiger partial charge in [-0.25, -0.2) is 4.39 Å². The summed E-state index contributed by atoms with van der Waals surface area (Å²) in [5.41, 5.74) is 0. The van der Waals surface area contributed by atoms with E-state index in [1.807, 2.05) is 12.2 Å². The molecule has 2 atom stereocenters. The number of hydrogen-bond acceptors (Lipinski definition) is 2. The molecule has 0 N–H and O–H groups in total. The number of hydrogen-bond donors (Lipinski definition) is 0. The molecular weight excluding hydrogens is 195 g/mol. The minimum Gasteiger partial charge on any atom is -0.373 e. The number of halogens is 1. The number of rotatable bonds is 4. The molecule has 0 radical (unpaired) electrons. The molecule has 15 heavy (non-hydrogen) atoms. The summed E-state index contributed by atoms with van der Waals surface area (Å²) in [7, 11) is 1.57. The molecule has 1 aliphatic carbocycles. The normalized spacial score (nSPS) is 33.3. The lowest BCUT2D eigenvalue weighted by Gasteiger charge is -2.11. The predicted octanol–water partition coefficient (Wildman–Crippen LogP) is 2.58. The first-order chi connectivity index (χ1) is 7.26. The summed E-state index contributed by atoms with van der Waals surface area (Å²) in [5, 5.41) is 0. The van der Waals surface area contributed by atoms with Gasteiger partial charge in [-0.3, -0.25) is 0 Å². The Bertz CT molecular complexity index is 292. The third-order valence-corrected chi connectivity index (χ3v) is 2.26. The summed E-state index contributed by atoms with van der Waals surface area (Å²) in [6.07, 6.45) is 10.0. The van der Waals surface area contributed by atoms with Gasteiger partial charge in [-0.05, 0) is 30.6 Å². The second kappa shape index (κ2) is 6.30. The molecule has 1 aliphatic rings. The highest BCUT2D eigenvalue weighted by Gasteiger charge is 2.07. The highest BCUT2D eigenvalue weighted by Crippen LogP contribution is 2.17. The van der Waals surface area contributed by atoms with Crippen LogP contribution in [0.1, 0.15) is 12.8 Å². The molecule has 3 heteroatoms. The summed E-state index contributed by atoms with van der Waals surface area (Å²) in [6, 6.07) is 0. The van der Waals surface area contributed by atoms with E-state index in [2.05, 4.69) is 0 Å². The third kappa shape index (κ3) is 4.21. The van der Waals surface area contributed by atoms with E-state index < -0.39 is 0 Å². The minimum absolute atomic E-state index is 0.0298. The number of carbonyl (C=O) groups is 1. The van der Waals surface area contributed by atoms with Crippen LogP contribution in [0.5, 0.6) is 0 Å². The zero-order valence-corrected chi connectivity index (χ0v) is 8.73. The first-order valence-electron chi connectivity index (χ1n) is 4.96. The number of methoxy groups -OCH3 is 1. The van der Waals surface area contributed by atoms with Crippen LogP contribution in [0.4, 0.5) is 4.39 Å². The molecule has 0 aliphatic heterocycles. The van der Waals surface area contributed by atoms with Gasteiger partial charge in [0.15, 0.2) is 0 Å². The van der Waals surface area contributed by atoms with Gasteiger partial charge >= 0.3 is 0 Å². The average Bonchev–Trinajstić information content (AvgIpc) is 2.22. The quantitative estimate of drug-likeness (QED) is 0.526. The lowest BCUT2D eigenvalue weighted by atomic mass is 10.00. The number of allylic oxidation sites excluding steroid dienone is 4. The van der Waals surface area contributed by atoms with Crippen LogP contribution in [-0.2, 0) is 9.53 Å².